The quantitative estimate of drug-likeness (QED) is 0.741. The molecule has 100 valence electrons. The van der Waals surface area contributed by atoms with Crippen molar-refractivity contribution in [1.82, 2.24) is 0 Å². The maximum Gasteiger partial charge on any atom is 0.133 e. The van der Waals surface area contributed by atoms with E-state index in [0.717, 1.165) is 12.2 Å². The predicted octanol–water partition coefficient (Wildman–Crippen LogP) is 4.65. The largest absolute Gasteiger partial charge is 0.508 e. The Balaban J connectivity index is 0.000000289. The molecule has 0 aromatic heterocycles. The molecular weight excluding hydrogens is 291 g/mol. The highest BCUT2D eigenvalue weighted by Crippen LogP contribution is 2.27. The lowest BCUT2D eigenvalue weighted by Crippen LogP contribution is -1.88. The van der Waals surface area contributed by atoms with Gasteiger partial charge < -0.3 is 10.2 Å². The average Bonchev–Trinajstić information content (AvgIpc) is 2.91. The first-order valence-corrected chi connectivity index (χ1v) is 7.30. The minimum atomic E-state index is 0.0509. The van der Waals surface area contributed by atoms with E-state index in [1.54, 1.807) is 6.07 Å². The fourth-order valence-corrected chi connectivity index (χ4v) is 1.99. The number of aromatic hydroxyl groups is 2. The van der Waals surface area contributed by atoms with E-state index in [0.29, 0.717) is 4.47 Å². The Labute approximate surface area is 120 Å². The fraction of sp³-hybridized carbons (Fsp3) is 0.571. The zero-order valence-corrected chi connectivity index (χ0v) is 12.8. The minimum absolute atomic E-state index is 0.0509. The van der Waals surface area contributed by atoms with E-state index in [9.17, 15) is 0 Å². The monoisotopic (exact) mass is 312 g/mol. The van der Waals surface area contributed by atoms with Crippen LogP contribution in [0.1, 0.15) is 39.5 Å². The van der Waals surface area contributed by atoms with E-state index in [2.05, 4.69) is 15.9 Å². The number of benzene rings is 1. The summed E-state index contributed by atoms with van der Waals surface area (Å²) < 4.78 is 0.584. The molecule has 0 heterocycles. The van der Waals surface area contributed by atoms with Gasteiger partial charge in [-0.3, -0.25) is 0 Å². The molecule has 2 nitrogen and oxygen atoms in total. The second-order valence-corrected chi connectivity index (χ2v) is 4.88. The maximum absolute atomic E-state index is 8.89. The standard InChI is InChI=1S/C6H11B.C6H5BrO2.C2H6/c7-5-6-3-1-2-4-6;7-5-2-1-4(8)3-6(5)9;1-2/h6H,1-5H2;1-3,8-9H;1-2H3. The molecule has 0 amide bonds. The first kappa shape index (κ1) is 17.4. The van der Waals surface area contributed by atoms with E-state index in [1.165, 1.54) is 37.8 Å². The Bertz CT molecular complexity index is 326. The molecule has 4 heteroatoms. The van der Waals surface area contributed by atoms with Crippen molar-refractivity contribution in [2.45, 2.75) is 45.9 Å². The second-order valence-electron chi connectivity index (χ2n) is 4.02. The van der Waals surface area contributed by atoms with E-state index in [-0.39, 0.29) is 11.5 Å². The van der Waals surface area contributed by atoms with Gasteiger partial charge in [-0.05, 0) is 34.0 Å². The summed E-state index contributed by atoms with van der Waals surface area (Å²) in [5.74, 6) is 0.991. The third kappa shape index (κ3) is 6.95. The molecule has 1 saturated carbocycles. The molecule has 2 radical (unpaired) electrons. The summed E-state index contributed by atoms with van der Waals surface area (Å²) in [6, 6.07) is 4.33. The first-order valence-electron chi connectivity index (χ1n) is 6.51. The molecule has 1 aromatic rings. The molecule has 2 rings (SSSR count). The maximum atomic E-state index is 8.89. The minimum Gasteiger partial charge on any atom is -0.508 e. The highest BCUT2D eigenvalue weighted by molar-refractivity contribution is 9.10. The second kappa shape index (κ2) is 10.3. The van der Waals surface area contributed by atoms with Crippen LogP contribution in [0.2, 0.25) is 6.32 Å². The zero-order chi connectivity index (χ0) is 14.0. The SMILES string of the molecule is CC.Oc1ccc(Br)c(O)c1.[B]CC1CCCC1. The molecule has 1 aliphatic carbocycles. The molecule has 2 N–H and O–H groups in total. The van der Waals surface area contributed by atoms with Gasteiger partial charge in [-0.15, -0.1) is 0 Å². The third-order valence-electron chi connectivity index (χ3n) is 2.74. The van der Waals surface area contributed by atoms with Crippen LogP contribution in [0.3, 0.4) is 0 Å². The van der Waals surface area contributed by atoms with Gasteiger partial charge in [0.05, 0.1) is 12.3 Å². The molecule has 0 bridgehead atoms. The summed E-state index contributed by atoms with van der Waals surface area (Å²) in [6.07, 6.45) is 6.52. The summed E-state index contributed by atoms with van der Waals surface area (Å²) in [5.41, 5.74) is 0. The number of rotatable bonds is 1. The Hall–Kier alpha value is -0.635. The Morgan fingerprint density at radius 1 is 1.22 bits per heavy atom. The Morgan fingerprint density at radius 2 is 1.78 bits per heavy atom. The lowest BCUT2D eigenvalue weighted by atomic mass is 9.90. The molecule has 0 atom stereocenters. The normalized spacial score (nSPS) is 14.2. The van der Waals surface area contributed by atoms with Crippen LogP contribution >= 0.6 is 15.9 Å². The molecule has 1 aromatic carbocycles. The van der Waals surface area contributed by atoms with E-state index < -0.39 is 0 Å². The molecule has 0 aliphatic heterocycles. The Morgan fingerprint density at radius 3 is 2.11 bits per heavy atom. The van der Waals surface area contributed by atoms with Crippen molar-refractivity contribution in [1.29, 1.82) is 0 Å². The van der Waals surface area contributed by atoms with Gasteiger partial charge in [0.15, 0.2) is 0 Å². The molecule has 0 unspecified atom stereocenters. The van der Waals surface area contributed by atoms with Crippen molar-refractivity contribution < 1.29 is 10.2 Å². The number of phenols is 2. The van der Waals surface area contributed by atoms with E-state index in [1.807, 2.05) is 13.8 Å². The van der Waals surface area contributed by atoms with Crippen LogP contribution in [-0.2, 0) is 0 Å². The van der Waals surface area contributed by atoms with Crippen LogP contribution < -0.4 is 0 Å². The molecule has 0 saturated heterocycles. The van der Waals surface area contributed by atoms with Gasteiger partial charge in [-0.25, -0.2) is 0 Å². The van der Waals surface area contributed by atoms with Crippen molar-refractivity contribution in [2.75, 3.05) is 0 Å². The van der Waals surface area contributed by atoms with Gasteiger partial charge in [0.1, 0.15) is 11.5 Å². The van der Waals surface area contributed by atoms with Gasteiger partial charge in [0.25, 0.3) is 0 Å². The third-order valence-corrected chi connectivity index (χ3v) is 3.41. The molecule has 1 aliphatic rings. The fourth-order valence-electron chi connectivity index (χ4n) is 1.75. The lowest BCUT2D eigenvalue weighted by molar-refractivity contribution is 0.448. The molecule has 0 spiro atoms. The number of halogens is 1. The lowest BCUT2D eigenvalue weighted by Gasteiger charge is -2.00. The zero-order valence-electron chi connectivity index (χ0n) is 11.2. The number of hydrogen-bond acceptors (Lipinski definition) is 2. The molecule has 1 fully saturated rings. The van der Waals surface area contributed by atoms with Crippen molar-refractivity contribution in [2.24, 2.45) is 5.92 Å². The highest BCUT2D eigenvalue weighted by atomic mass is 79.9. The van der Waals surface area contributed by atoms with Crippen LogP contribution in [0, 0.1) is 5.92 Å². The van der Waals surface area contributed by atoms with Crippen LogP contribution in [0.5, 0.6) is 11.5 Å². The predicted molar refractivity (Wildman–Crippen MR) is 81.3 cm³/mol. The smallest absolute Gasteiger partial charge is 0.133 e. The van der Waals surface area contributed by atoms with Gasteiger partial charge in [-0.1, -0.05) is 45.9 Å². The van der Waals surface area contributed by atoms with Crippen LogP contribution in [0.15, 0.2) is 22.7 Å². The number of hydrogen-bond donors (Lipinski definition) is 2. The van der Waals surface area contributed by atoms with Crippen molar-refractivity contribution in [3.8, 4) is 11.5 Å². The van der Waals surface area contributed by atoms with Crippen molar-refractivity contribution in [3.63, 3.8) is 0 Å². The Kier molecular flexibility index (Phi) is 9.94. The summed E-state index contributed by atoms with van der Waals surface area (Å²) in [6.45, 7) is 4.00. The van der Waals surface area contributed by atoms with E-state index >= 15 is 0 Å². The van der Waals surface area contributed by atoms with Gasteiger partial charge >= 0.3 is 0 Å². The van der Waals surface area contributed by atoms with Crippen molar-refractivity contribution >= 4 is 23.8 Å². The summed E-state index contributed by atoms with van der Waals surface area (Å²) in [4.78, 5) is 0. The van der Waals surface area contributed by atoms with Crippen LogP contribution in [0.25, 0.3) is 0 Å². The van der Waals surface area contributed by atoms with Crippen LogP contribution in [-0.4, -0.2) is 18.1 Å². The number of phenolic OH excluding ortho intramolecular Hbond substituents is 2. The molecular formula is C14H22BBrO2. The van der Waals surface area contributed by atoms with Crippen LogP contribution in [0.4, 0.5) is 0 Å². The van der Waals surface area contributed by atoms with Crippen molar-refractivity contribution in [3.05, 3.63) is 22.7 Å². The highest BCUT2D eigenvalue weighted by Gasteiger charge is 2.10. The summed E-state index contributed by atoms with van der Waals surface area (Å²) in [7, 11) is 5.43. The summed E-state index contributed by atoms with van der Waals surface area (Å²) >= 11 is 3.07. The summed E-state index contributed by atoms with van der Waals surface area (Å²) in [5, 5.41) is 17.6. The topological polar surface area (TPSA) is 40.5 Å². The van der Waals surface area contributed by atoms with Gasteiger partial charge in [0, 0.05) is 6.07 Å². The average molecular weight is 313 g/mol. The van der Waals surface area contributed by atoms with E-state index in [4.69, 9.17) is 18.1 Å². The van der Waals surface area contributed by atoms with Gasteiger partial charge in [0.2, 0.25) is 0 Å². The first-order chi connectivity index (χ1) is 8.63. The van der Waals surface area contributed by atoms with Gasteiger partial charge in [-0.2, -0.15) is 0 Å². The molecule has 18 heavy (non-hydrogen) atoms.